The summed E-state index contributed by atoms with van der Waals surface area (Å²) in [6, 6.07) is 1.65. The number of carboxylic acid groups (broad SMARTS) is 1. The van der Waals surface area contributed by atoms with Crippen LogP contribution in [-0.2, 0) is 4.79 Å². The van der Waals surface area contributed by atoms with Crippen LogP contribution in [0.25, 0.3) is 0 Å². The number of methoxy groups -OCH3 is 1. The first-order valence-corrected chi connectivity index (χ1v) is 3.87. The first kappa shape index (κ1) is 9.51. The molecule has 0 bridgehead atoms. The Hall–Kier alpha value is -1.58. The number of aromatic nitrogens is 1. The number of nitrogens with zero attached hydrogens (tertiary/aromatic N) is 1. The summed E-state index contributed by atoms with van der Waals surface area (Å²) in [5.41, 5.74) is 0.644. The molecule has 0 aliphatic carbocycles. The van der Waals surface area contributed by atoms with Crippen molar-refractivity contribution < 1.29 is 14.6 Å². The van der Waals surface area contributed by atoms with E-state index in [-0.39, 0.29) is 0 Å². The minimum absolute atomic E-state index is 0.511. The van der Waals surface area contributed by atoms with Gasteiger partial charge in [0.1, 0.15) is 5.75 Å². The Morgan fingerprint density at radius 2 is 2.38 bits per heavy atom. The number of aliphatic carboxylic acids is 1. The standard InChI is InChI=1S/C9H11NO3/c1-6(9(11)12)7-3-4-10-5-8(7)13-2/h3-6H,1-2H3,(H,11,12). The zero-order valence-electron chi connectivity index (χ0n) is 7.52. The molecular formula is C9H11NO3. The van der Waals surface area contributed by atoms with Gasteiger partial charge in [-0.2, -0.15) is 0 Å². The summed E-state index contributed by atoms with van der Waals surface area (Å²) in [7, 11) is 1.50. The molecule has 0 amide bonds. The van der Waals surface area contributed by atoms with Crippen LogP contribution in [0.3, 0.4) is 0 Å². The molecule has 4 heteroatoms. The second-order valence-electron chi connectivity index (χ2n) is 2.68. The molecule has 0 aromatic carbocycles. The number of ether oxygens (including phenoxy) is 1. The fourth-order valence-corrected chi connectivity index (χ4v) is 1.05. The van der Waals surface area contributed by atoms with Crippen molar-refractivity contribution in [3.63, 3.8) is 0 Å². The van der Waals surface area contributed by atoms with E-state index in [1.807, 2.05) is 0 Å². The van der Waals surface area contributed by atoms with E-state index in [1.165, 1.54) is 13.3 Å². The van der Waals surface area contributed by atoms with Crippen LogP contribution in [0.4, 0.5) is 0 Å². The van der Waals surface area contributed by atoms with Crippen LogP contribution in [-0.4, -0.2) is 23.2 Å². The predicted octanol–water partition coefficient (Wildman–Crippen LogP) is 1.28. The van der Waals surface area contributed by atoms with E-state index in [1.54, 1.807) is 19.2 Å². The third kappa shape index (κ3) is 1.96. The van der Waals surface area contributed by atoms with Gasteiger partial charge >= 0.3 is 5.97 Å². The van der Waals surface area contributed by atoms with Gasteiger partial charge in [0.25, 0.3) is 0 Å². The molecule has 1 heterocycles. The highest BCUT2D eigenvalue weighted by Crippen LogP contribution is 2.24. The van der Waals surface area contributed by atoms with Crippen molar-refractivity contribution in [2.45, 2.75) is 12.8 Å². The molecule has 1 aromatic rings. The molecule has 1 rings (SSSR count). The highest BCUT2D eigenvalue weighted by Gasteiger charge is 2.17. The zero-order valence-corrected chi connectivity index (χ0v) is 7.52. The summed E-state index contributed by atoms with van der Waals surface area (Å²) < 4.78 is 4.99. The van der Waals surface area contributed by atoms with Crippen LogP contribution in [0.2, 0.25) is 0 Å². The molecule has 1 unspecified atom stereocenters. The zero-order chi connectivity index (χ0) is 9.84. The topological polar surface area (TPSA) is 59.4 Å². The molecule has 0 saturated heterocycles. The molecule has 70 valence electrons. The Morgan fingerprint density at radius 1 is 1.69 bits per heavy atom. The fraction of sp³-hybridized carbons (Fsp3) is 0.333. The third-order valence-corrected chi connectivity index (χ3v) is 1.87. The average molecular weight is 181 g/mol. The predicted molar refractivity (Wildman–Crippen MR) is 46.8 cm³/mol. The van der Waals surface area contributed by atoms with Crippen LogP contribution in [0, 0.1) is 0 Å². The van der Waals surface area contributed by atoms with Crippen LogP contribution in [0.5, 0.6) is 5.75 Å². The maximum absolute atomic E-state index is 10.7. The van der Waals surface area contributed by atoms with Crippen molar-refractivity contribution in [1.82, 2.24) is 4.98 Å². The quantitative estimate of drug-likeness (QED) is 0.763. The third-order valence-electron chi connectivity index (χ3n) is 1.87. The highest BCUT2D eigenvalue weighted by molar-refractivity contribution is 5.76. The second kappa shape index (κ2) is 3.89. The van der Waals surface area contributed by atoms with Crippen molar-refractivity contribution in [1.29, 1.82) is 0 Å². The summed E-state index contributed by atoms with van der Waals surface area (Å²) in [5, 5.41) is 8.78. The van der Waals surface area contributed by atoms with E-state index < -0.39 is 11.9 Å². The van der Waals surface area contributed by atoms with Crippen LogP contribution in [0.1, 0.15) is 18.4 Å². The minimum atomic E-state index is -0.871. The summed E-state index contributed by atoms with van der Waals surface area (Å²) in [6.45, 7) is 1.61. The largest absolute Gasteiger partial charge is 0.495 e. The number of carbonyl (C=O) groups is 1. The summed E-state index contributed by atoms with van der Waals surface area (Å²) in [5.74, 6) is -0.931. The Morgan fingerprint density at radius 3 is 2.92 bits per heavy atom. The summed E-state index contributed by atoms with van der Waals surface area (Å²) in [4.78, 5) is 14.5. The van der Waals surface area contributed by atoms with Gasteiger partial charge in [-0.15, -0.1) is 0 Å². The van der Waals surface area contributed by atoms with E-state index in [0.29, 0.717) is 11.3 Å². The van der Waals surface area contributed by atoms with Crippen molar-refractivity contribution in [2.24, 2.45) is 0 Å². The maximum Gasteiger partial charge on any atom is 0.310 e. The van der Waals surface area contributed by atoms with E-state index in [2.05, 4.69) is 4.98 Å². The molecule has 0 aliphatic rings. The molecule has 1 N–H and O–H groups in total. The lowest BCUT2D eigenvalue weighted by Crippen LogP contribution is -2.08. The molecule has 0 saturated carbocycles. The van der Waals surface area contributed by atoms with Gasteiger partial charge < -0.3 is 9.84 Å². The molecule has 0 radical (unpaired) electrons. The van der Waals surface area contributed by atoms with Crippen LogP contribution in [0.15, 0.2) is 18.5 Å². The van der Waals surface area contributed by atoms with Crippen LogP contribution >= 0.6 is 0 Å². The molecule has 0 aliphatic heterocycles. The molecule has 0 spiro atoms. The Balaban J connectivity index is 3.05. The van der Waals surface area contributed by atoms with Gasteiger partial charge in [-0.25, -0.2) is 0 Å². The van der Waals surface area contributed by atoms with Gasteiger partial charge in [0.05, 0.1) is 19.2 Å². The average Bonchev–Trinajstić information content (AvgIpc) is 2.16. The molecule has 13 heavy (non-hydrogen) atoms. The number of pyridine rings is 1. The monoisotopic (exact) mass is 181 g/mol. The lowest BCUT2D eigenvalue weighted by Gasteiger charge is -2.10. The molecule has 1 atom stereocenters. The first-order valence-electron chi connectivity index (χ1n) is 3.87. The van der Waals surface area contributed by atoms with Crippen molar-refractivity contribution >= 4 is 5.97 Å². The lowest BCUT2D eigenvalue weighted by molar-refractivity contribution is -0.138. The summed E-state index contributed by atoms with van der Waals surface area (Å²) >= 11 is 0. The van der Waals surface area contributed by atoms with E-state index in [0.717, 1.165) is 0 Å². The number of hydrogen-bond acceptors (Lipinski definition) is 3. The van der Waals surface area contributed by atoms with E-state index in [9.17, 15) is 4.79 Å². The normalized spacial score (nSPS) is 12.2. The Kier molecular flexibility index (Phi) is 2.84. The SMILES string of the molecule is COc1cnccc1C(C)C(=O)O. The highest BCUT2D eigenvalue weighted by atomic mass is 16.5. The number of rotatable bonds is 3. The molecular weight excluding hydrogens is 170 g/mol. The van der Waals surface area contributed by atoms with Crippen molar-refractivity contribution in [3.05, 3.63) is 24.0 Å². The molecule has 1 aromatic heterocycles. The maximum atomic E-state index is 10.7. The van der Waals surface area contributed by atoms with Gasteiger partial charge in [0.15, 0.2) is 0 Å². The second-order valence-corrected chi connectivity index (χ2v) is 2.68. The van der Waals surface area contributed by atoms with Gasteiger partial charge in [-0.1, -0.05) is 0 Å². The van der Waals surface area contributed by atoms with Crippen LogP contribution < -0.4 is 4.74 Å². The van der Waals surface area contributed by atoms with Gasteiger partial charge in [-0.3, -0.25) is 9.78 Å². The van der Waals surface area contributed by atoms with Gasteiger partial charge in [-0.05, 0) is 13.0 Å². The number of hydrogen-bond donors (Lipinski definition) is 1. The Labute approximate surface area is 76.2 Å². The van der Waals surface area contributed by atoms with E-state index in [4.69, 9.17) is 9.84 Å². The van der Waals surface area contributed by atoms with Gasteiger partial charge in [0.2, 0.25) is 0 Å². The van der Waals surface area contributed by atoms with Crippen molar-refractivity contribution in [2.75, 3.05) is 7.11 Å². The molecule has 4 nitrogen and oxygen atoms in total. The number of carboxylic acids is 1. The fourth-order valence-electron chi connectivity index (χ4n) is 1.05. The smallest absolute Gasteiger partial charge is 0.310 e. The molecule has 0 fully saturated rings. The lowest BCUT2D eigenvalue weighted by atomic mass is 10.0. The van der Waals surface area contributed by atoms with E-state index >= 15 is 0 Å². The Bertz CT molecular complexity index is 311. The first-order chi connectivity index (χ1) is 6.16. The van der Waals surface area contributed by atoms with Crippen molar-refractivity contribution in [3.8, 4) is 5.75 Å². The minimum Gasteiger partial charge on any atom is -0.495 e. The summed E-state index contributed by atoms with van der Waals surface area (Å²) in [6.07, 6.45) is 3.06. The van der Waals surface area contributed by atoms with Gasteiger partial charge in [0, 0.05) is 11.8 Å².